The molecule has 0 aliphatic carbocycles. The highest BCUT2D eigenvalue weighted by Gasteiger charge is 2.23. The Bertz CT molecular complexity index is 611. The molecule has 0 saturated carbocycles. The van der Waals surface area contributed by atoms with Crippen molar-refractivity contribution in [1.29, 1.82) is 0 Å². The second-order valence-electron chi connectivity index (χ2n) is 6.41. The molecule has 154 valence electrons. The van der Waals surface area contributed by atoms with Crippen LogP contribution in [0.25, 0.3) is 0 Å². The molecule has 1 fully saturated rings. The van der Waals surface area contributed by atoms with Crippen LogP contribution >= 0.6 is 24.0 Å². The quantitative estimate of drug-likeness (QED) is 0.286. The first-order chi connectivity index (χ1) is 12.5. The minimum Gasteiger partial charge on any atom is -0.450 e. The molecule has 2 heterocycles. The van der Waals surface area contributed by atoms with E-state index in [-0.39, 0.29) is 30.1 Å². The summed E-state index contributed by atoms with van der Waals surface area (Å²) in [6, 6.07) is 2.09. The van der Waals surface area contributed by atoms with Crippen LogP contribution in [-0.2, 0) is 11.3 Å². The zero-order valence-electron chi connectivity index (χ0n) is 16.9. The summed E-state index contributed by atoms with van der Waals surface area (Å²) in [5, 5.41) is 7.84. The minimum atomic E-state index is -0.223. The van der Waals surface area contributed by atoms with E-state index in [1.807, 2.05) is 18.5 Å². The lowest BCUT2D eigenvalue weighted by atomic mass is 10.3. The van der Waals surface area contributed by atoms with Crippen LogP contribution in [0.5, 0.6) is 0 Å². The number of nitrogens with one attached hydrogen (secondary N) is 1. The van der Waals surface area contributed by atoms with Gasteiger partial charge >= 0.3 is 6.09 Å². The predicted octanol–water partition coefficient (Wildman–Crippen LogP) is 2.25. The number of aromatic nitrogens is 2. The maximum Gasteiger partial charge on any atom is 0.409 e. The molecule has 9 heteroatoms. The summed E-state index contributed by atoms with van der Waals surface area (Å²) in [5.74, 6) is 0.921. The van der Waals surface area contributed by atoms with E-state index in [1.54, 1.807) is 4.90 Å². The number of rotatable bonds is 6. The van der Waals surface area contributed by atoms with Gasteiger partial charge in [0, 0.05) is 51.5 Å². The van der Waals surface area contributed by atoms with E-state index >= 15 is 0 Å². The molecular weight excluding hydrogens is 459 g/mol. The second kappa shape index (κ2) is 12.0. The molecule has 1 aliphatic heterocycles. The van der Waals surface area contributed by atoms with Crippen LogP contribution in [0, 0.1) is 13.8 Å². The van der Waals surface area contributed by atoms with Gasteiger partial charge in [0.15, 0.2) is 5.96 Å². The van der Waals surface area contributed by atoms with Crippen LogP contribution in [0.2, 0.25) is 0 Å². The van der Waals surface area contributed by atoms with Crippen molar-refractivity contribution in [3.63, 3.8) is 0 Å². The standard InChI is InChI=1S/C18H32N6O2.HI/c1-5-19-17(20-8-7-9-24-16(4)14-15(3)21-24)22-10-12-23(13-11-22)18(25)26-6-2;/h14H,5-13H2,1-4H3,(H,19,20);1H. The van der Waals surface area contributed by atoms with Crippen molar-refractivity contribution in [2.75, 3.05) is 45.9 Å². The van der Waals surface area contributed by atoms with Crippen LogP contribution < -0.4 is 5.32 Å². The fraction of sp³-hybridized carbons (Fsp3) is 0.722. The van der Waals surface area contributed by atoms with Crippen LogP contribution in [0.3, 0.4) is 0 Å². The number of piperazine rings is 1. The number of hydrogen-bond acceptors (Lipinski definition) is 4. The highest BCUT2D eigenvalue weighted by molar-refractivity contribution is 14.0. The number of ether oxygens (including phenoxy) is 1. The number of halogens is 1. The number of guanidine groups is 1. The van der Waals surface area contributed by atoms with Gasteiger partial charge in [-0.3, -0.25) is 9.67 Å². The van der Waals surface area contributed by atoms with Gasteiger partial charge in [-0.05, 0) is 40.2 Å². The second-order valence-corrected chi connectivity index (χ2v) is 6.41. The van der Waals surface area contributed by atoms with E-state index in [9.17, 15) is 4.79 Å². The lowest BCUT2D eigenvalue weighted by molar-refractivity contribution is 0.0914. The third-order valence-corrected chi connectivity index (χ3v) is 4.33. The molecular formula is C18H33IN6O2. The lowest BCUT2D eigenvalue weighted by Gasteiger charge is -2.35. The molecule has 1 amide bonds. The van der Waals surface area contributed by atoms with Gasteiger partial charge < -0.3 is 19.9 Å². The Kier molecular flexibility index (Phi) is 10.5. The molecule has 1 aliphatic rings. The fourth-order valence-corrected chi connectivity index (χ4v) is 3.05. The Morgan fingerprint density at radius 1 is 1.22 bits per heavy atom. The van der Waals surface area contributed by atoms with Gasteiger partial charge in [-0.25, -0.2) is 4.79 Å². The van der Waals surface area contributed by atoms with Crippen molar-refractivity contribution in [1.82, 2.24) is 24.9 Å². The average Bonchev–Trinajstić information content (AvgIpc) is 2.95. The third-order valence-electron chi connectivity index (χ3n) is 4.33. The monoisotopic (exact) mass is 492 g/mol. The summed E-state index contributed by atoms with van der Waals surface area (Å²) in [6.45, 7) is 13.7. The van der Waals surface area contributed by atoms with Crippen LogP contribution in [0.15, 0.2) is 11.1 Å². The minimum absolute atomic E-state index is 0. The summed E-state index contributed by atoms with van der Waals surface area (Å²) in [5.41, 5.74) is 2.24. The molecule has 0 radical (unpaired) electrons. The number of carbonyl (C=O) groups is 1. The van der Waals surface area contributed by atoms with Crippen molar-refractivity contribution < 1.29 is 9.53 Å². The summed E-state index contributed by atoms with van der Waals surface area (Å²) >= 11 is 0. The highest BCUT2D eigenvalue weighted by Crippen LogP contribution is 2.06. The number of aryl methyl sites for hydroxylation is 3. The molecule has 1 aromatic heterocycles. The normalized spacial score (nSPS) is 14.7. The van der Waals surface area contributed by atoms with Crippen molar-refractivity contribution >= 4 is 36.0 Å². The Balaban J connectivity index is 0.00000364. The van der Waals surface area contributed by atoms with Gasteiger partial charge in [0.1, 0.15) is 0 Å². The largest absolute Gasteiger partial charge is 0.450 e. The van der Waals surface area contributed by atoms with Crippen LogP contribution in [0.1, 0.15) is 31.7 Å². The maximum atomic E-state index is 11.8. The van der Waals surface area contributed by atoms with E-state index in [4.69, 9.17) is 9.73 Å². The molecule has 0 bridgehead atoms. The number of nitrogens with zero attached hydrogens (tertiary/aromatic N) is 5. The van der Waals surface area contributed by atoms with E-state index in [1.165, 1.54) is 5.69 Å². The first-order valence-electron chi connectivity index (χ1n) is 9.51. The average molecular weight is 492 g/mol. The number of hydrogen-bond donors (Lipinski definition) is 1. The highest BCUT2D eigenvalue weighted by atomic mass is 127. The Labute approximate surface area is 179 Å². The van der Waals surface area contributed by atoms with Crippen molar-refractivity contribution in [2.45, 2.75) is 40.7 Å². The van der Waals surface area contributed by atoms with Crippen LogP contribution in [0.4, 0.5) is 4.79 Å². The summed E-state index contributed by atoms with van der Waals surface area (Å²) in [7, 11) is 0. The van der Waals surface area contributed by atoms with Crippen molar-refractivity contribution in [3.8, 4) is 0 Å². The first-order valence-corrected chi connectivity index (χ1v) is 9.51. The molecule has 1 saturated heterocycles. The number of carbonyl (C=O) groups excluding carboxylic acids is 1. The topological polar surface area (TPSA) is 75.0 Å². The number of amides is 1. The smallest absolute Gasteiger partial charge is 0.409 e. The zero-order valence-corrected chi connectivity index (χ0v) is 19.2. The summed E-state index contributed by atoms with van der Waals surface area (Å²) < 4.78 is 7.11. The maximum absolute atomic E-state index is 11.8. The van der Waals surface area contributed by atoms with Gasteiger partial charge in [0.05, 0.1) is 12.3 Å². The zero-order chi connectivity index (χ0) is 18.9. The van der Waals surface area contributed by atoms with Gasteiger partial charge in [0.25, 0.3) is 0 Å². The Hall–Kier alpha value is -1.52. The van der Waals surface area contributed by atoms with E-state index in [0.717, 1.165) is 50.8 Å². The van der Waals surface area contributed by atoms with Gasteiger partial charge in [0.2, 0.25) is 0 Å². The van der Waals surface area contributed by atoms with Crippen LogP contribution in [-0.4, -0.2) is 77.5 Å². The van der Waals surface area contributed by atoms with E-state index < -0.39 is 0 Å². The van der Waals surface area contributed by atoms with Crippen molar-refractivity contribution in [3.05, 3.63) is 17.5 Å². The molecule has 8 nitrogen and oxygen atoms in total. The molecule has 1 aromatic rings. The van der Waals surface area contributed by atoms with Gasteiger partial charge in [-0.2, -0.15) is 5.10 Å². The summed E-state index contributed by atoms with van der Waals surface area (Å²) in [6.07, 6.45) is 0.721. The van der Waals surface area contributed by atoms with E-state index in [2.05, 4.69) is 35.2 Å². The Morgan fingerprint density at radius 3 is 2.44 bits per heavy atom. The Morgan fingerprint density at radius 2 is 1.89 bits per heavy atom. The number of aliphatic imine (C=N–C) groups is 1. The van der Waals surface area contributed by atoms with Gasteiger partial charge in [-0.1, -0.05) is 0 Å². The predicted molar refractivity (Wildman–Crippen MR) is 118 cm³/mol. The van der Waals surface area contributed by atoms with Crippen molar-refractivity contribution in [2.24, 2.45) is 4.99 Å². The third kappa shape index (κ3) is 7.19. The molecule has 2 rings (SSSR count). The van der Waals surface area contributed by atoms with E-state index in [0.29, 0.717) is 19.7 Å². The molecule has 1 N–H and O–H groups in total. The lowest BCUT2D eigenvalue weighted by Crippen LogP contribution is -2.53. The molecule has 27 heavy (non-hydrogen) atoms. The molecule has 0 atom stereocenters. The molecule has 0 aromatic carbocycles. The first kappa shape index (κ1) is 23.5. The molecule has 0 spiro atoms. The fourth-order valence-electron chi connectivity index (χ4n) is 3.05. The van der Waals surface area contributed by atoms with Gasteiger partial charge in [-0.15, -0.1) is 24.0 Å². The summed E-state index contributed by atoms with van der Waals surface area (Å²) in [4.78, 5) is 20.5. The molecule has 0 unspecified atom stereocenters. The SMILES string of the molecule is CCNC(=NCCCn1nc(C)cc1C)N1CCN(C(=O)OCC)CC1.I.